The Morgan fingerprint density at radius 3 is 0.699 bits per heavy atom. The van der Waals surface area contributed by atoms with Gasteiger partial charge >= 0.3 is 48.2 Å². The number of halogens is 6. The number of amides is 12. The van der Waals surface area contributed by atoms with Gasteiger partial charge in [0, 0.05) is 62.7 Å². The average molecular weight is 1490 g/mol. The summed E-state index contributed by atoms with van der Waals surface area (Å²) in [4.78, 5) is 210. The van der Waals surface area contributed by atoms with Gasteiger partial charge in [-0.15, -0.1) is 0 Å². The second-order valence-corrected chi connectivity index (χ2v) is 26.3. The van der Waals surface area contributed by atoms with Crippen molar-refractivity contribution in [2.24, 2.45) is 33.5 Å². The number of carbonyl (C=O) groups is 18. The number of hydrogen-bond acceptors (Lipinski definition) is 24. The summed E-state index contributed by atoms with van der Waals surface area (Å²) in [5.74, 6) is -10.1. The summed E-state index contributed by atoms with van der Waals surface area (Å²) >= 11 is 0. The molecule has 582 valence electrons. The molecule has 0 aromatic carbocycles. The van der Waals surface area contributed by atoms with Crippen LogP contribution in [-0.2, 0) is 115 Å². The van der Waals surface area contributed by atoms with E-state index in [-0.39, 0.29) is 123 Å². The molecule has 10 atom stereocenters. The number of ether oxygens (including phenoxy) is 6. The number of hydrogen-bond donors (Lipinski definition) is 0. The van der Waals surface area contributed by atoms with Crippen molar-refractivity contribution in [2.75, 3.05) is 0 Å². The SMILES string of the molecule is CCC(=O)OC1CC(=O)N1C(=O)C(C)(C)CC.CCC(=O)OC1CC(=O)N1C(=O)C(C)(CC)C(F)(F)F.CCC(=O)OC1CC(=O)N1C(=O)C(C)CC.CCC(C)(C(=O)N1C(=O)CC1OC(C)=O)C(F)(F)F.CCC(C)(C)C(=O)N1C(=O)CC1OC(C)=O.CCC(C)C(=O)N1C(=O)CC1OC(C)=O. The molecule has 0 bridgehead atoms. The summed E-state index contributed by atoms with van der Waals surface area (Å²) in [7, 11) is 0. The van der Waals surface area contributed by atoms with Gasteiger partial charge < -0.3 is 28.4 Å². The van der Waals surface area contributed by atoms with E-state index in [2.05, 4.69) is 4.74 Å². The Bertz CT molecular complexity index is 3230. The van der Waals surface area contributed by atoms with Crippen molar-refractivity contribution < 1.29 is 141 Å². The van der Waals surface area contributed by atoms with Gasteiger partial charge in [-0.3, -0.25) is 86.3 Å². The zero-order valence-electron chi connectivity index (χ0n) is 62.0. The van der Waals surface area contributed by atoms with Crippen LogP contribution in [0.1, 0.15) is 235 Å². The number of rotatable bonds is 21. The summed E-state index contributed by atoms with van der Waals surface area (Å²) in [6.45, 7) is 30.4. The highest BCUT2D eigenvalue weighted by molar-refractivity contribution is 6.06. The molecule has 12 amide bonds. The molecule has 10 unspecified atom stereocenters. The van der Waals surface area contributed by atoms with E-state index in [0.29, 0.717) is 35.5 Å². The van der Waals surface area contributed by atoms with Gasteiger partial charge in [-0.1, -0.05) is 104 Å². The molecule has 6 aliphatic rings. The van der Waals surface area contributed by atoms with E-state index in [4.69, 9.17) is 23.7 Å². The minimum atomic E-state index is -4.78. The lowest BCUT2D eigenvalue weighted by atomic mass is 9.83. The van der Waals surface area contributed by atoms with Crippen LogP contribution in [0.4, 0.5) is 26.3 Å². The van der Waals surface area contributed by atoms with Crippen molar-refractivity contribution in [3.8, 4) is 0 Å². The van der Waals surface area contributed by atoms with Crippen LogP contribution < -0.4 is 0 Å². The Hall–Kier alpha value is -8.76. The smallest absolute Gasteiger partial charge is 0.402 e. The molecule has 0 radical (unpaired) electrons. The summed E-state index contributed by atoms with van der Waals surface area (Å²) in [6.07, 6.45) is -12.8. The maximum absolute atomic E-state index is 13.0. The van der Waals surface area contributed by atoms with Gasteiger partial charge in [0.05, 0.1) is 38.5 Å². The van der Waals surface area contributed by atoms with Crippen LogP contribution in [0.5, 0.6) is 0 Å². The van der Waals surface area contributed by atoms with Gasteiger partial charge in [0.25, 0.3) is 0 Å². The van der Waals surface area contributed by atoms with E-state index in [9.17, 15) is 113 Å². The first-order valence-electron chi connectivity index (χ1n) is 33.6. The van der Waals surface area contributed by atoms with Crippen LogP contribution >= 0.6 is 0 Å². The van der Waals surface area contributed by atoms with Crippen LogP contribution in [0.15, 0.2) is 0 Å². The second kappa shape index (κ2) is 38.1. The van der Waals surface area contributed by atoms with Crippen LogP contribution in [0, 0.1) is 33.5 Å². The number of nitrogens with zero attached hydrogens (tertiary/aromatic N) is 6. The van der Waals surface area contributed by atoms with Crippen molar-refractivity contribution >= 4 is 107 Å². The summed E-state index contributed by atoms with van der Waals surface area (Å²) in [5, 5.41) is 0. The second-order valence-electron chi connectivity index (χ2n) is 26.3. The van der Waals surface area contributed by atoms with E-state index in [0.717, 1.165) is 40.4 Å². The van der Waals surface area contributed by atoms with Crippen LogP contribution in [0.3, 0.4) is 0 Å². The molecule has 0 aliphatic carbocycles. The van der Waals surface area contributed by atoms with Gasteiger partial charge in [-0.2, -0.15) is 26.3 Å². The molecule has 0 N–H and O–H groups in total. The predicted molar refractivity (Wildman–Crippen MR) is 342 cm³/mol. The quantitative estimate of drug-likeness (QED) is 0.0456. The highest BCUT2D eigenvalue weighted by Crippen LogP contribution is 2.46. The maximum atomic E-state index is 13.0. The monoisotopic (exact) mass is 1480 g/mol. The predicted octanol–water partition coefficient (Wildman–Crippen LogP) is 7.90. The van der Waals surface area contributed by atoms with Crippen molar-refractivity contribution in [1.82, 2.24) is 29.4 Å². The molecule has 0 saturated carbocycles. The number of alkyl halides is 6. The van der Waals surface area contributed by atoms with Crippen LogP contribution in [0.25, 0.3) is 0 Å². The van der Waals surface area contributed by atoms with Crippen molar-refractivity contribution in [3.05, 3.63) is 0 Å². The third-order valence-electron chi connectivity index (χ3n) is 18.0. The molecule has 0 aromatic heterocycles. The zero-order valence-corrected chi connectivity index (χ0v) is 62.0. The molecule has 30 nitrogen and oxygen atoms in total. The topological polar surface area (TPSA) is 382 Å². The number of imide groups is 6. The molecular weight excluding hydrogens is 1390 g/mol. The Kier molecular flexibility index (Phi) is 34.2. The standard InChI is InChI=1S/C12H16F3NO4.C12H19NO4.C11H14F3NO4.2C11H17NO4.C10H15NO4/c1-4-9(18)20-8-6-7(17)16(8)10(19)11(3,5-2)12(13,14)15;1-5-10(15)17-9-7-8(14)13(9)11(16)12(3,4)6-2;1-4-10(3,11(12,13)14)9(18)15-7(17)5-8(15)19-6(2)16;1-5-11(3,4)10(15)12-8(14)6-9(12)16-7(2)13;1-4-7(3)11(15)12-8(13)6-9(12)16-10(14)5-2;1-4-6(2)10(14)11-8(13)5-9(11)15-7(3)12/h8H,4-6H2,1-3H3;9H,5-7H2,1-4H3;8H,4-5H2,1-3H3;9H,5-6H2,1-4H3;7,9H,4-6H2,1-3H3;6,9H,4-5H2,1-3H3. The zero-order chi connectivity index (χ0) is 80.3. The Morgan fingerprint density at radius 2 is 0.534 bits per heavy atom. The van der Waals surface area contributed by atoms with E-state index in [1.54, 1.807) is 55.4 Å². The molecule has 6 rings (SSSR count). The molecular formula is C67H98F6N6O24. The number of carbonyl (C=O) groups excluding carboxylic acids is 18. The minimum Gasteiger partial charge on any atom is -0.441 e. The van der Waals surface area contributed by atoms with Gasteiger partial charge in [0.2, 0.25) is 70.9 Å². The summed E-state index contributed by atoms with van der Waals surface area (Å²) in [6, 6.07) is 0. The Labute approximate surface area is 593 Å². The van der Waals surface area contributed by atoms with Crippen molar-refractivity contribution in [2.45, 2.75) is 285 Å². The number of esters is 6. The normalized spacial score (nSPS) is 21.4. The minimum absolute atomic E-state index is 0.0109. The largest absolute Gasteiger partial charge is 0.441 e. The van der Waals surface area contributed by atoms with Gasteiger partial charge in [-0.25, -0.2) is 29.4 Å². The van der Waals surface area contributed by atoms with Crippen LogP contribution in [-0.4, -0.2) is 186 Å². The first-order chi connectivity index (χ1) is 47.2. The molecule has 0 spiro atoms. The van der Waals surface area contributed by atoms with Crippen molar-refractivity contribution in [3.63, 3.8) is 0 Å². The first-order valence-corrected chi connectivity index (χ1v) is 33.6. The van der Waals surface area contributed by atoms with E-state index in [1.807, 2.05) is 27.7 Å². The van der Waals surface area contributed by atoms with Crippen LogP contribution in [0.2, 0.25) is 0 Å². The Balaban J connectivity index is 0.000000620. The van der Waals surface area contributed by atoms with E-state index >= 15 is 0 Å². The number of likely N-dealkylation sites (tertiary alicyclic amines) is 6. The first kappa shape index (κ1) is 92.3. The van der Waals surface area contributed by atoms with Gasteiger partial charge in [0.15, 0.2) is 37.4 Å². The third-order valence-corrected chi connectivity index (χ3v) is 18.0. The maximum Gasteiger partial charge on any atom is 0.402 e. The van der Waals surface area contributed by atoms with Gasteiger partial charge in [-0.05, 0) is 52.4 Å². The lowest BCUT2D eigenvalue weighted by molar-refractivity contribution is -0.234. The van der Waals surface area contributed by atoms with Gasteiger partial charge in [0.1, 0.15) is 10.8 Å². The fraction of sp³-hybridized carbons (Fsp3) is 0.731. The molecule has 36 heteroatoms. The lowest BCUT2D eigenvalue weighted by Gasteiger charge is -2.42. The molecule has 6 aliphatic heterocycles. The van der Waals surface area contributed by atoms with E-state index < -0.39 is 138 Å². The van der Waals surface area contributed by atoms with Crippen molar-refractivity contribution in [1.29, 1.82) is 0 Å². The fourth-order valence-corrected chi connectivity index (χ4v) is 8.93. The fourth-order valence-electron chi connectivity index (χ4n) is 8.93. The third kappa shape index (κ3) is 23.1. The summed E-state index contributed by atoms with van der Waals surface area (Å²) < 4.78 is 107. The summed E-state index contributed by atoms with van der Waals surface area (Å²) in [5.41, 5.74) is -6.54. The molecule has 6 saturated heterocycles. The van der Waals surface area contributed by atoms with E-state index in [1.165, 1.54) is 34.6 Å². The molecule has 103 heavy (non-hydrogen) atoms. The molecule has 6 heterocycles. The average Bonchev–Trinajstić information content (AvgIpc) is 0.767. The Morgan fingerprint density at radius 1 is 0.340 bits per heavy atom. The highest BCUT2D eigenvalue weighted by Gasteiger charge is 2.62. The number of β-lactam (4-membered cyclic amide) rings is 6. The lowest BCUT2D eigenvalue weighted by Crippen LogP contribution is -2.63. The molecule has 6 fully saturated rings. The highest BCUT2D eigenvalue weighted by atomic mass is 19.4. The molecule has 0 aromatic rings.